The van der Waals surface area contributed by atoms with Crippen LogP contribution < -0.4 is 10.6 Å². The van der Waals surface area contributed by atoms with Crippen LogP contribution in [-0.2, 0) is 11.2 Å². The molecule has 0 radical (unpaired) electrons. The molecular weight excluding hydrogens is 328 g/mol. The van der Waals surface area contributed by atoms with Gasteiger partial charge in [0.1, 0.15) is 0 Å². The van der Waals surface area contributed by atoms with Crippen LogP contribution in [0, 0.1) is 0 Å². The van der Waals surface area contributed by atoms with Crippen LogP contribution in [0.5, 0.6) is 0 Å². The number of hydrogen-bond acceptors (Lipinski definition) is 2. The van der Waals surface area contributed by atoms with E-state index in [-0.39, 0.29) is 5.91 Å². The number of carboxylic acid groups (broad SMARTS) is 1. The summed E-state index contributed by atoms with van der Waals surface area (Å²) in [6.45, 7) is 2.02. The Balaban J connectivity index is 2.06. The molecule has 0 heterocycles. The van der Waals surface area contributed by atoms with Crippen molar-refractivity contribution in [3.63, 3.8) is 0 Å². The van der Waals surface area contributed by atoms with Gasteiger partial charge in [0.2, 0.25) is 5.91 Å². The van der Waals surface area contributed by atoms with Crippen molar-refractivity contribution >= 4 is 28.5 Å². The van der Waals surface area contributed by atoms with Gasteiger partial charge in [0.25, 0.3) is 0 Å². The largest absolute Gasteiger partial charge is 0.465 e. The normalized spacial score (nSPS) is 10.5. The number of anilines is 1. The Morgan fingerprint density at radius 1 is 0.962 bits per heavy atom. The quantitative estimate of drug-likeness (QED) is 0.644. The number of rotatable bonds is 5. The van der Waals surface area contributed by atoms with Gasteiger partial charge >= 0.3 is 6.09 Å². The van der Waals surface area contributed by atoms with E-state index in [1.54, 1.807) is 6.07 Å². The van der Waals surface area contributed by atoms with Gasteiger partial charge in [-0.15, -0.1) is 0 Å². The van der Waals surface area contributed by atoms with E-state index in [9.17, 15) is 9.59 Å². The summed E-state index contributed by atoms with van der Waals surface area (Å²) in [5.41, 5.74) is 3.79. The van der Waals surface area contributed by atoms with E-state index in [0.717, 1.165) is 27.5 Å². The molecule has 0 fully saturated rings. The van der Waals surface area contributed by atoms with E-state index in [1.165, 1.54) is 6.92 Å². The molecule has 5 heteroatoms. The number of carbonyl (C=O) groups excluding carboxylic acids is 1. The summed E-state index contributed by atoms with van der Waals surface area (Å²) in [7, 11) is 0. The van der Waals surface area contributed by atoms with E-state index >= 15 is 0 Å². The molecule has 0 aliphatic carbocycles. The fourth-order valence-electron chi connectivity index (χ4n) is 3.01. The van der Waals surface area contributed by atoms with Crippen molar-refractivity contribution in [2.45, 2.75) is 13.3 Å². The van der Waals surface area contributed by atoms with Gasteiger partial charge in [-0.05, 0) is 52.1 Å². The summed E-state index contributed by atoms with van der Waals surface area (Å²) in [4.78, 5) is 22.1. The number of amides is 2. The predicted molar refractivity (Wildman–Crippen MR) is 103 cm³/mol. The van der Waals surface area contributed by atoms with Crippen molar-refractivity contribution < 1.29 is 14.7 Å². The summed E-state index contributed by atoms with van der Waals surface area (Å²) in [5, 5.41) is 16.2. The zero-order chi connectivity index (χ0) is 18.5. The van der Waals surface area contributed by atoms with E-state index in [2.05, 4.69) is 34.9 Å². The second-order valence-corrected chi connectivity index (χ2v) is 6.10. The first-order valence-corrected chi connectivity index (χ1v) is 8.39. The standard InChI is InChI=1S/C21H20N2O3/c1-14(24)22-10-9-17-12-18(15-5-3-2-4-6-15)11-16-7-8-19(13-20(16)17)23-21(25)26/h2-8,11-13,23H,9-10H2,1H3,(H,22,24)(H,25,26). The highest BCUT2D eigenvalue weighted by atomic mass is 16.4. The Hall–Kier alpha value is -3.34. The van der Waals surface area contributed by atoms with Crippen LogP contribution in [0.1, 0.15) is 12.5 Å². The number of nitrogens with one attached hydrogen (secondary N) is 2. The van der Waals surface area contributed by atoms with Gasteiger partial charge in [-0.3, -0.25) is 10.1 Å². The monoisotopic (exact) mass is 348 g/mol. The minimum Gasteiger partial charge on any atom is -0.465 e. The van der Waals surface area contributed by atoms with Crippen LogP contribution in [0.2, 0.25) is 0 Å². The van der Waals surface area contributed by atoms with Crippen molar-refractivity contribution in [3.8, 4) is 11.1 Å². The van der Waals surface area contributed by atoms with E-state index in [1.807, 2.05) is 30.3 Å². The highest BCUT2D eigenvalue weighted by molar-refractivity contribution is 5.95. The average molecular weight is 348 g/mol. The van der Waals surface area contributed by atoms with Crippen LogP contribution in [0.4, 0.5) is 10.5 Å². The topological polar surface area (TPSA) is 78.4 Å². The van der Waals surface area contributed by atoms with Gasteiger partial charge in [-0.25, -0.2) is 4.79 Å². The maximum Gasteiger partial charge on any atom is 0.409 e. The molecule has 3 N–H and O–H groups in total. The van der Waals surface area contributed by atoms with Gasteiger partial charge in [0.05, 0.1) is 0 Å². The second kappa shape index (κ2) is 7.70. The minimum absolute atomic E-state index is 0.0678. The van der Waals surface area contributed by atoms with Gasteiger partial charge in [-0.1, -0.05) is 42.5 Å². The van der Waals surface area contributed by atoms with E-state index in [4.69, 9.17) is 5.11 Å². The molecule has 132 valence electrons. The molecule has 0 atom stereocenters. The van der Waals surface area contributed by atoms with Crippen molar-refractivity contribution in [2.75, 3.05) is 11.9 Å². The van der Waals surface area contributed by atoms with Gasteiger partial charge < -0.3 is 10.4 Å². The predicted octanol–water partition coefficient (Wildman–Crippen LogP) is 4.28. The van der Waals surface area contributed by atoms with E-state index < -0.39 is 6.09 Å². The zero-order valence-electron chi connectivity index (χ0n) is 14.5. The third-order valence-electron chi connectivity index (χ3n) is 4.17. The Morgan fingerprint density at radius 3 is 2.42 bits per heavy atom. The third kappa shape index (κ3) is 4.19. The SMILES string of the molecule is CC(=O)NCCc1cc(-c2ccccc2)cc2ccc(NC(=O)O)cc12. The maximum absolute atomic E-state index is 11.2. The highest BCUT2D eigenvalue weighted by Gasteiger charge is 2.08. The van der Waals surface area contributed by atoms with Gasteiger partial charge in [0.15, 0.2) is 0 Å². The van der Waals surface area contributed by atoms with Crippen molar-refractivity contribution in [1.82, 2.24) is 5.32 Å². The number of carbonyl (C=O) groups is 2. The molecule has 3 aromatic rings. The fraction of sp³-hybridized carbons (Fsp3) is 0.143. The maximum atomic E-state index is 11.2. The third-order valence-corrected chi connectivity index (χ3v) is 4.17. The summed E-state index contributed by atoms with van der Waals surface area (Å²) in [5.74, 6) is -0.0678. The van der Waals surface area contributed by atoms with Crippen molar-refractivity contribution in [1.29, 1.82) is 0 Å². The second-order valence-electron chi connectivity index (χ2n) is 6.10. The molecule has 0 saturated heterocycles. The van der Waals surface area contributed by atoms with Gasteiger partial charge in [-0.2, -0.15) is 0 Å². The molecule has 3 aromatic carbocycles. The molecule has 0 aliphatic rings. The van der Waals surface area contributed by atoms with Crippen molar-refractivity contribution in [3.05, 3.63) is 66.2 Å². The first-order chi connectivity index (χ1) is 12.5. The van der Waals surface area contributed by atoms with Crippen LogP contribution in [0.25, 0.3) is 21.9 Å². The molecular formula is C21H20N2O3. The Labute approximate surface area is 151 Å². The molecule has 2 amide bonds. The first-order valence-electron chi connectivity index (χ1n) is 8.39. The Morgan fingerprint density at radius 2 is 1.73 bits per heavy atom. The number of benzene rings is 3. The summed E-state index contributed by atoms with van der Waals surface area (Å²) in [6.07, 6.45) is -0.433. The molecule has 0 aromatic heterocycles. The molecule has 0 saturated carbocycles. The fourth-order valence-corrected chi connectivity index (χ4v) is 3.01. The molecule has 0 bridgehead atoms. The average Bonchev–Trinajstić information content (AvgIpc) is 2.61. The van der Waals surface area contributed by atoms with Crippen LogP contribution in [-0.4, -0.2) is 23.7 Å². The summed E-state index contributed by atoms with van der Waals surface area (Å²) in [6, 6.07) is 19.8. The highest BCUT2D eigenvalue weighted by Crippen LogP contribution is 2.30. The lowest BCUT2D eigenvalue weighted by Crippen LogP contribution is -2.22. The molecule has 5 nitrogen and oxygen atoms in total. The summed E-state index contributed by atoms with van der Waals surface area (Å²) >= 11 is 0. The number of hydrogen-bond donors (Lipinski definition) is 3. The summed E-state index contributed by atoms with van der Waals surface area (Å²) < 4.78 is 0. The van der Waals surface area contributed by atoms with Crippen molar-refractivity contribution in [2.24, 2.45) is 0 Å². The molecule has 0 spiro atoms. The zero-order valence-corrected chi connectivity index (χ0v) is 14.5. The van der Waals surface area contributed by atoms with E-state index in [0.29, 0.717) is 18.7 Å². The van der Waals surface area contributed by atoms with Crippen LogP contribution in [0.3, 0.4) is 0 Å². The molecule has 0 aliphatic heterocycles. The lowest BCUT2D eigenvalue weighted by atomic mass is 9.95. The van der Waals surface area contributed by atoms with Gasteiger partial charge in [0, 0.05) is 19.2 Å². The molecule has 3 rings (SSSR count). The smallest absolute Gasteiger partial charge is 0.409 e. The number of fused-ring (bicyclic) bond motifs is 1. The minimum atomic E-state index is -1.09. The Bertz CT molecular complexity index is 952. The Kier molecular flexibility index (Phi) is 5.17. The lowest BCUT2D eigenvalue weighted by Gasteiger charge is -2.13. The lowest BCUT2D eigenvalue weighted by molar-refractivity contribution is -0.118. The van der Waals surface area contributed by atoms with Crippen LogP contribution >= 0.6 is 0 Å². The molecule has 0 unspecified atom stereocenters. The molecule has 26 heavy (non-hydrogen) atoms. The van der Waals surface area contributed by atoms with Crippen LogP contribution in [0.15, 0.2) is 60.7 Å². The first kappa shape index (κ1) is 17.5.